The molecule has 1 saturated carbocycles. The molecule has 1 aromatic carbocycles. The Balaban J connectivity index is 1.57. The van der Waals surface area contributed by atoms with Gasteiger partial charge in [0.15, 0.2) is 11.5 Å². The van der Waals surface area contributed by atoms with Gasteiger partial charge in [0.25, 0.3) is 5.91 Å². The maximum Gasteiger partial charge on any atom is 0.257 e. The Hall–Kier alpha value is -2.25. The quantitative estimate of drug-likeness (QED) is 0.801. The fraction of sp³-hybridized carbons (Fsp3) is 0.450. The van der Waals surface area contributed by atoms with E-state index in [0.29, 0.717) is 22.3 Å². The Morgan fingerprint density at radius 2 is 2.18 bits per heavy atom. The molecule has 148 valence electrons. The van der Waals surface area contributed by atoms with Crippen LogP contribution in [0.4, 0.5) is 4.39 Å². The van der Waals surface area contributed by atoms with Crippen molar-refractivity contribution in [3.05, 3.63) is 40.5 Å². The Bertz CT molecular complexity index is 913. The molecule has 28 heavy (non-hydrogen) atoms. The highest BCUT2D eigenvalue weighted by molar-refractivity contribution is 6.31. The van der Waals surface area contributed by atoms with Gasteiger partial charge in [-0.15, -0.1) is 0 Å². The molecule has 0 atom stereocenters. The zero-order valence-electron chi connectivity index (χ0n) is 15.8. The Morgan fingerprint density at radius 3 is 2.82 bits per heavy atom. The lowest BCUT2D eigenvalue weighted by molar-refractivity contribution is -0.127. The molecule has 2 heterocycles. The number of likely N-dealkylation sites (tertiary alicyclic amines) is 1. The SMILES string of the molecule is Cc1ccc(-c2ncc(CNC(=O)C3(F)CC3)c(OC3CN(C)C3)n2)cc1Cl. The molecule has 1 aliphatic carbocycles. The van der Waals surface area contributed by atoms with Crippen molar-refractivity contribution in [2.75, 3.05) is 20.1 Å². The number of carbonyl (C=O) groups excluding carboxylic acids is 1. The lowest BCUT2D eigenvalue weighted by atomic mass is 10.1. The second-order valence-corrected chi connectivity index (χ2v) is 8.00. The van der Waals surface area contributed by atoms with Crippen molar-refractivity contribution in [2.45, 2.75) is 38.1 Å². The number of alkyl halides is 1. The maximum atomic E-state index is 13.9. The first-order chi connectivity index (χ1) is 13.3. The number of nitrogens with zero attached hydrogens (tertiary/aromatic N) is 3. The van der Waals surface area contributed by atoms with E-state index in [1.807, 2.05) is 32.2 Å². The molecule has 2 aromatic rings. The van der Waals surface area contributed by atoms with Crippen LogP contribution in [0.5, 0.6) is 5.88 Å². The molecule has 4 rings (SSSR count). The van der Waals surface area contributed by atoms with E-state index in [4.69, 9.17) is 16.3 Å². The monoisotopic (exact) mass is 404 g/mol. The van der Waals surface area contributed by atoms with E-state index >= 15 is 0 Å². The predicted molar refractivity (Wildman–Crippen MR) is 104 cm³/mol. The molecule has 0 bridgehead atoms. The van der Waals surface area contributed by atoms with E-state index in [1.165, 1.54) is 0 Å². The third-order valence-electron chi connectivity index (χ3n) is 5.10. The number of ether oxygens (including phenoxy) is 1. The number of amides is 1. The molecule has 1 amide bonds. The molecule has 1 aromatic heterocycles. The summed E-state index contributed by atoms with van der Waals surface area (Å²) in [5.74, 6) is 0.309. The second-order valence-electron chi connectivity index (χ2n) is 7.60. The van der Waals surface area contributed by atoms with E-state index in [9.17, 15) is 9.18 Å². The fourth-order valence-corrected chi connectivity index (χ4v) is 3.21. The van der Waals surface area contributed by atoms with E-state index in [2.05, 4.69) is 20.2 Å². The van der Waals surface area contributed by atoms with Gasteiger partial charge in [0.1, 0.15) is 6.10 Å². The third-order valence-corrected chi connectivity index (χ3v) is 5.51. The minimum Gasteiger partial charge on any atom is -0.471 e. The minimum absolute atomic E-state index is 0.0276. The fourth-order valence-electron chi connectivity index (χ4n) is 3.03. The molecule has 1 saturated heterocycles. The summed E-state index contributed by atoms with van der Waals surface area (Å²) in [7, 11) is 2.01. The van der Waals surface area contributed by atoms with Crippen LogP contribution in [0.1, 0.15) is 24.0 Å². The summed E-state index contributed by atoms with van der Waals surface area (Å²) in [6.45, 7) is 3.65. The molecule has 0 unspecified atom stereocenters. The van der Waals surface area contributed by atoms with Gasteiger partial charge in [-0.2, -0.15) is 4.98 Å². The van der Waals surface area contributed by atoms with Crippen LogP contribution in [0, 0.1) is 6.92 Å². The molecular formula is C20H22ClFN4O2. The molecule has 1 N–H and O–H groups in total. The zero-order chi connectivity index (χ0) is 19.9. The summed E-state index contributed by atoms with van der Waals surface area (Å²) in [4.78, 5) is 23.0. The molecular weight excluding hydrogens is 383 g/mol. The van der Waals surface area contributed by atoms with Gasteiger partial charge < -0.3 is 10.1 Å². The van der Waals surface area contributed by atoms with Crippen LogP contribution in [0.3, 0.4) is 0 Å². The summed E-state index contributed by atoms with van der Waals surface area (Å²) in [6.07, 6.45) is 2.20. The molecule has 1 aliphatic heterocycles. The van der Waals surface area contributed by atoms with Crippen LogP contribution < -0.4 is 10.1 Å². The standard InChI is InChI=1S/C20H22ClFN4O2/c1-12-3-4-13(7-16(12)21)17-23-8-14(9-24-19(27)20(22)5-6-20)18(25-17)28-15-10-26(2)11-15/h3-4,7-8,15H,5-6,9-11H2,1-2H3,(H,24,27). The van der Waals surface area contributed by atoms with Gasteiger partial charge in [-0.25, -0.2) is 9.37 Å². The molecule has 2 fully saturated rings. The Morgan fingerprint density at radius 1 is 1.43 bits per heavy atom. The van der Waals surface area contributed by atoms with Crippen LogP contribution in [0.2, 0.25) is 5.02 Å². The van der Waals surface area contributed by atoms with E-state index in [1.54, 1.807) is 6.20 Å². The van der Waals surface area contributed by atoms with Crippen molar-refractivity contribution < 1.29 is 13.9 Å². The highest BCUT2D eigenvalue weighted by Crippen LogP contribution is 2.40. The van der Waals surface area contributed by atoms with Crippen LogP contribution in [0.25, 0.3) is 11.4 Å². The number of rotatable bonds is 6. The topological polar surface area (TPSA) is 67.3 Å². The summed E-state index contributed by atoms with van der Waals surface area (Å²) >= 11 is 6.22. The number of nitrogens with one attached hydrogen (secondary N) is 1. The average molecular weight is 405 g/mol. The van der Waals surface area contributed by atoms with Crippen molar-refractivity contribution in [2.24, 2.45) is 0 Å². The Kier molecular flexibility index (Phi) is 4.97. The number of halogens is 2. The normalized spacial score (nSPS) is 18.4. The average Bonchev–Trinajstić information content (AvgIpc) is 3.40. The zero-order valence-corrected chi connectivity index (χ0v) is 16.6. The number of aromatic nitrogens is 2. The van der Waals surface area contributed by atoms with Crippen LogP contribution in [0.15, 0.2) is 24.4 Å². The number of aryl methyl sites for hydroxylation is 1. The van der Waals surface area contributed by atoms with Gasteiger partial charge in [-0.3, -0.25) is 9.69 Å². The van der Waals surface area contributed by atoms with Crippen molar-refractivity contribution in [3.63, 3.8) is 0 Å². The number of carbonyl (C=O) groups is 1. The molecule has 2 aliphatic rings. The summed E-state index contributed by atoms with van der Waals surface area (Å²) in [5.41, 5.74) is 0.660. The number of benzene rings is 1. The Labute approximate surface area is 168 Å². The highest BCUT2D eigenvalue weighted by Gasteiger charge is 2.50. The summed E-state index contributed by atoms with van der Waals surface area (Å²) in [5, 5.41) is 3.27. The first kappa shape index (κ1) is 19.1. The lowest BCUT2D eigenvalue weighted by Gasteiger charge is -2.36. The van der Waals surface area contributed by atoms with Gasteiger partial charge in [0.2, 0.25) is 5.88 Å². The number of likely N-dealkylation sites (N-methyl/N-ethyl adjacent to an activating group) is 1. The van der Waals surface area contributed by atoms with Crippen LogP contribution >= 0.6 is 11.6 Å². The van der Waals surface area contributed by atoms with Gasteiger partial charge in [-0.05, 0) is 38.4 Å². The van der Waals surface area contributed by atoms with E-state index < -0.39 is 11.6 Å². The van der Waals surface area contributed by atoms with Crippen LogP contribution in [-0.4, -0.2) is 52.7 Å². The van der Waals surface area contributed by atoms with Gasteiger partial charge >= 0.3 is 0 Å². The first-order valence-corrected chi connectivity index (χ1v) is 9.67. The largest absolute Gasteiger partial charge is 0.471 e. The van der Waals surface area contributed by atoms with Crippen molar-refractivity contribution in [3.8, 4) is 17.3 Å². The molecule has 0 spiro atoms. The van der Waals surface area contributed by atoms with Crippen LogP contribution in [-0.2, 0) is 11.3 Å². The highest BCUT2D eigenvalue weighted by atomic mass is 35.5. The minimum atomic E-state index is -1.71. The van der Waals surface area contributed by atoms with Crippen molar-refractivity contribution >= 4 is 17.5 Å². The second kappa shape index (κ2) is 7.29. The molecule has 8 heteroatoms. The lowest BCUT2D eigenvalue weighted by Crippen LogP contribution is -2.51. The van der Waals surface area contributed by atoms with E-state index in [0.717, 1.165) is 24.2 Å². The molecule has 6 nitrogen and oxygen atoms in total. The first-order valence-electron chi connectivity index (χ1n) is 9.29. The summed E-state index contributed by atoms with van der Waals surface area (Å²) < 4.78 is 19.9. The molecule has 0 radical (unpaired) electrons. The maximum absolute atomic E-state index is 13.9. The predicted octanol–water partition coefficient (Wildman–Crippen LogP) is 2.92. The third kappa shape index (κ3) is 3.95. The summed E-state index contributed by atoms with van der Waals surface area (Å²) in [6, 6.07) is 5.63. The van der Waals surface area contributed by atoms with Gasteiger partial charge in [-0.1, -0.05) is 23.7 Å². The number of hydrogen-bond acceptors (Lipinski definition) is 5. The smallest absolute Gasteiger partial charge is 0.257 e. The van der Waals surface area contributed by atoms with E-state index in [-0.39, 0.29) is 25.5 Å². The van der Waals surface area contributed by atoms with Crippen molar-refractivity contribution in [1.29, 1.82) is 0 Å². The van der Waals surface area contributed by atoms with Crippen molar-refractivity contribution in [1.82, 2.24) is 20.2 Å². The number of hydrogen-bond donors (Lipinski definition) is 1. The van der Waals surface area contributed by atoms with Gasteiger partial charge in [0.05, 0.1) is 5.56 Å². The van der Waals surface area contributed by atoms with Gasteiger partial charge in [0, 0.05) is 36.4 Å².